The molecular weight excluding hydrogens is 629 g/mol. The Balaban J connectivity index is 1.17. The summed E-state index contributed by atoms with van der Waals surface area (Å²) in [5.74, 6) is 0.725. The summed E-state index contributed by atoms with van der Waals surface area (Å²) in [5, 5.41) is 2.53. The molecule has 2 nitrogen and oxygen atoms in total. The van der Waals surface area contributed by atoms with E-state index in [1.807, 2.05) is 6.07 Å². The van der Waals surface area contributed by atoms with Crippen LogP contribution in [0.25, 0.3) is 78.1 Å². The molecule has 8 aromatic rings. The molecule has 0 amide bonds. The summed E-state index contributed by atoms with van der Waals surface area (Å²) in [5.41, 5.74) is 18.0. The Kier molecular flexibility index (Phi) is 6.60. The highest BCUT2D eigenvalue weighted by Gasteiger charge is 2.38. The largest absolute Gasteiger partial charge is 0.228 e. The predicted octanol–water partition coefficient (Wildman–Crippen LogP) is 12.9. The molecule has 0 atom stereocenters. The van der Waals surface area contributed by atoms with Gasteiger partial charge < -0.3 is 0 Å². The molecule has 0 saturated heterocycles. The van der Waals surface area contributed by atoms with Crippen molar-refractivity contribution in [3.05, 3.63) is 180 Å². The van der Waals surface area contributed by atoms with Crippen molar-refractivity contribution in [1.29, 1.82) is 0 Å². The average molecular weight is 667 g/mol. The van der Waals surface area contributed by atoms with Gasteiger partial charge in [0, 0.05) is 27.5 Å². The van der Waals surface area contributed by atoms with Gasteiger partial charge >= 0.3 is 0 Å². The minimum Gasteiger partial charge on any atom is -0.228 e. The maximum absolute atomic E-state index is 5.32. The van der Waals surface area contributed by atoms with E-state index in [2.05, 4.69) is 179 Å². The summed E-state index contributed by atoms with van der Waals surface area (Å²) in [6, 6.07) is 57.3. The molecule has 0 fully saturated rings. The van der Waals surface area contributed by atoms with Crippen LogP contribution in [0.15, 0.2) is 158 Å². The molecular formula is C50H38N2. The van der Waals surface area contributed by atoms with Gasteiger partial charge in [-0.25, -0.2) is 9.97 Å². The number of aromatic nitrogens is 2. The average Bonchev–Trinajstić information content (AvgIpc) is 3.56. The van der Waals surface area contributed by atoms with Crippen molar-refractivity contribution in [3.8, 4) is 67.3 Å². The highest BCUT2D eigenvalue weighted by molar-refractivity contribution is 5.99. The molecule has 248 valence electrons. The summed E-state index contributed by atoms with van der Waals surface area (Å²) < 4.78 is 0. The van der Waals surface area contributed by atoms with E-state index in [1.165, 1.54) is 66.4 Å². The summed E-state index contributed by atoms with van der Waals surface area (Å²) in [6.07, 6.45) is 0. The van der Waals surface area contributed by atoms with Crippen molar-refractivity contribution in [1.82, 2.24) is 9.97 Å². The maximum Gasteiger partial charge on any atom is 0.160 e. The van der Waals surface area contributed by atoms with Gasteiger partial charge in [0.05, 0.1) is 11.4 Å². The molecule has 52 heavy (non-hydrogen) atoms. The van der Waals surface area contributed by atoms with Crippen molar-refractivity contribution >= 4 is 10.8 Å². The zero-order valence-electron chi connectivity index (χ0n) is 29.9. The monoisotopic (exact) mass is 666 g/mol. The third-order valence-corrected chi connectivity index (χ3v) is 11.7. The molecule has 0 N–H and O–H groups in total. The molecule has 2 aliphatic rings. The fourth-order valence-electron chi connectivity index (χ4n) is 8.98. The van der Waals surface area contributed by atoms with Crippen LogP contribution in [0, 0.1) is 0 Å². The lowest BCUT2D eigenvalue weighted by atomic mass is 9.81. The fourth-order valence-corrected chi connectivity index (χ4v) is 8.98. The molecule has 7 aromatic carbocycles. The molecule has 0 aliphatic heterocycles. The Morgan fingerprint density at radius 1 is 0.346 bits per heavy atom. The van der Waals surface area contributed by atoms with Crippen molar-refractivity contribution in [2.45, 2.75) is 38.5 Å². The molecule has 10 rings (SSSR count). The molecule has 0 saturated carbocycles. The standard InChI is InChI=1S/C50H38N2/c1-49(2)40-24-11-10-21-37(40)46-36(22-13-25-41(46)49)34-19-12-20-35(27-34)44-30-45(52-48(51-44)31-15-6-5-7-16-31)38-23-14-26-42-47(38)39-28-32-17-8-9-18-33(32)29-43(39)50(42,3)4/h5-30H,1-4H3. The number of hydrogen-bond donors (Lipinski definition) is 0. The van der Waals surface area contributed by atoms with Gasteiger partial charge in [0.15, 0.2) is 5.82 Å². The number of fused-ring (bicyclic) bond motifs is 7. The second-order valence-corrected chi connectivity index (χ2v) is 15.4. The van der Waals surface area contributed by atoms with Crippen LogP contribution >= 0.6 is 0 Å². The van der Waals surface area contributed by atoms with Gasteiger partial charge in [0.2, 0.25) is 0 Å². The summed E-state index contributed by atoms with van der Waals surface area (Å²) in [4.78, 5) is 10.6. The molecule has 1 heterocycles. The Labute approximate surface area is 305 Å². The molecule has 2 heteroatoms. The van der Waals surface area contributed by atoms with E-state index in [1.54, 1.807) is 0 Å². The first kappa shape index (κ1) is 30.7. The van der Waals surface area contributed by atoms with E-state index >= 15 is 0 Å². The number of nitrogens with zero attached hydrogens (tertiary/aromatic N) is 2. The van der Waals surface area contributed by atoms with Gasteiger partial charge in [-0.05, 0) is 90.7 Å². The van der Waals surface area contributed by atoms with E-state index in [-0.39, 0.29) is 10.8 Å². The van der Waals surface area contributed by atoms with Gasteiger partial charge in [-0.15, -0.1) is 0 Å². The molecule has 0 spiro atoms. The molecule has 0 bridgehead atoms. The zero-order chi connectivity index (χ0) is 35.2. The van der Waals surface area contributed by atoms with Crippen LogP contribution < -0.4 is 0 Å². The second kappa shape index (κ2) is 11.2. The molecule has 1 aromatic heterocycles. The smallest absolute Gasteiger partial charge is 0.160 e. The second-order valence-electron chi connectivity index (χ2n) is 15.4. The number of rotatable bonds is 4. The van der Waals surface area contributed by atoms with Crippen molar-refractivity contribution in [3.63, 3.8) is 0 Å². The highest BCUT2D eigenvalue weighted by Crippen LogP contribution is 2.54. The summed E-state index contributed by atoms with van der Waals surface area (Å²) in [6.45, 7) is 9.38. The Hall–Kier alpha value is -6.12. The van der Waals surface area contributed by atoms with Crippen LogP contribution in [0.3, 0.4) is 0 Å². The van der Waals surface area contributed by atoms with E-state index < -0.39 is 0 Å². The van der Waals surface area contributed by atoms with Crippen molar-refractivity contribution in [2.75, 3.05) is 0 Å². The first-order valence-corrected chi connectivity index (χ1v) is 18.3. The van der Waals surface area contributed by atoms with Gasteiger partial charge in [-0.1, -0.05) is 161 Å². The Morgan fingerprint density at radius 2 is 0.885 bits per heavy atom. The minimum absolute atomic E-state index is 0.0545. The van der Waals surface area contributed by atoms with Crippen molar-refractivity contribution in [2.24, 2.45) is 0 Å². The molecule has 0 unspecified atom stereocenters. The van der Waals surface area contributed by atoms with Gasteiger partial charge in [0.25, 0.3) is 0 Å². The molecule has 2 aliphatic carbocycles. The fraction of sp³-hybridized carbons (Fsp3) is 0.120. The van der Waals surface area contributed by atoms with E-state index in [0.29, 0.717) is 0 Å². The Morgan fingerprint density at radius 3 is 1.67 bits per heavy atom. The van der Waals surface area contributed by atoms with Crippen molar-refractivity contribution < 1.29 is 0 Å². The first-order chi connectivity index (χ1) is 25.3. The number of benzene rings is 7. The van der Waals surface area contributed by atoms with Crippen LogP contribution in [0.1, 0.15) is 49.9 Å². The predicted molar refractivity (Wildman–Crippen MR) is 216 cm³/mol. The third kappa shape index (κ3) is 4.50. The quantitative estimate of drug-likeness (QED) is 0.187. The van der Waals surface area contributed by atoms with E-state index in [0.717, 1.165) is 33.9 Å². The lowest BCUT2D eigenvalue weighted by Gasteiger charge is -2.22. The summed E-state index contributed by atoms with van der Waals surface area (Å²) >= 11 is 0. The topological polar surface area (TPSA) is 25.8 Å². The lowest BCUT2D eigenvalue weighted by Crippen LogP contribution is -2.14. The van der Waals surface area contributed by atoms with Crippen LogP contribution in [-0.4, -0.2) is 9.97 Å². The highest BCUT2D eigenvalue weighted by atomic mass is 14.9. The van der Waals surface area contributed by atoms with E-state index in [4.69, 9.17) is 9.97 Å². The number of hydrogen-bond acceptors (Lipinski definition) is 2. The maximum atomic E-state index is 5.32. The summed E-state index contributed by atoms with van der Waals surface area (Å²) in [7, 11) is 0. The van der Waals surface area contributed by atoms with Crippen LogP contribution in [0.2, 0.25) is 0 Å². The minimum atomic E-state index is -0.139. The van der Waals surface area contributed by atoms with Crippen LogP contribution in [0.4, 0.5) is 0 Å². The van der Waals surface area contributed by atoms with Gasteiger partial charge in [-0.3, -0.25) is 0 Å². The zero-order valence-corrected chi connectivity index (χ0v) is 29.9. The van der Waals surface area contributed by atoms with Crippen LogP contribution in [0.5, 0.6) is 0 Å². The lowest BCUT2D eigenvalue weighted by molar-refractivity contribution is 0.660. The van der Waals surface area contributed by atoms with Crippen LogP contribution in [-0.2, 0) is 10.8 Å². The normalized spacial score (nSPS) is 14.5. The van der Waals surface area contributed by atoms with Gasteiger partial charge in [-0.2, -0.15) is 0 Å². The van der Waals surface area contributed by atoms with E-state index in [9.17, 15) is 0 Å². The third-order valence-electron chi connectivity index (χ3n) is 11.7. The Bertz CT molecular complexity index is 2730. The SMILES string of the molecule is CC1(C)c2ccccc2-c2c(-c3cccc(-c4cc(-c5cccc6c5-c5cc7ccccc7cc5C6(C)C)nc(-c5ccccc5)n4)c3)cccc21. The molecule has 0 radical (unpaired) electrons. The van der Waals surface area contributed by atoms with Gasteiger partial charge in [0.1, 0.15) is 0 Å². The first-order valence-electron chi connectivity index (χ1n) is 18.3.